The second kappa shape index (κ2) is 6.67. The van der Waals surface area contributed by atoms with Crippen molar-refractivity contribution in [1.82, 2.24) is 0 Å². The Balaban J connectivity index is 1.87. The van der Waals surface area contributed by atoms with Gasteiger partial charge in [-0.1, -0.05) is 36.4 Å². The topological polar surface area (TPSA) is 56.5 Å². The van der Waals surface area contributed by atoms with Crippen LogP contribution in [-0.2, 0) is 17.2 Å². The molecule has 0 fully saturated rings. The molecule has 0 bridgehead atoms. The summed E-state index contributed by atoms with van der Waals surface area (Å²) in [6.45, 7) is 0.0961. The number of hydrogen-bond acceptors (Lipinski definition) is 4. The quantitative estimate of drug-likeness (QED) is 0.414. The van der Waals surface area contributed by atoms with Gasteiger partial charge in [0.05, 0.1) is 0 Å². The highest BCUT2D eigenvalue weighted by Crippen LogP contribution is 2.17. The van der Waals surface area contributed by atoms with Gasteiger partial charge in [-0.05, 0) is 29.3 Å². The normalized spacial score (nSPS) is 10.7. The van der Waals surface area contributed by atoms with Gasteiger partial charge in [0.2, 0.25) is 0 Å². The summed E-state index contributed by atoms with van der Waals surface area (Å²) < 4.78 is 10.3. The zero-order valence-corrected chi connectivity index (χ0v) is 12.9. The Labute approximate surface area is 137 Å². The first-order valence-corrected chi connectivity index (χ1v) is 7.54. The summed E-state index contributed by atoms with van der Waals surface area (Å²) in [7, 11) is 0. The molecule has 0 aliphatic heterocycles. The van der Waals surface area contributed by atoms with E-state index in [1.54, 1.807) is 18.2 Å². The van der Waals surface area contributed by atoms with E-state index in [1.807, 2.05) is 30.3 Å². The SMILES string of the molecule is O=C(OCc1ccccc1)c1cc2cc(CCl)ccc2oc1=O. The van der Waals surface area contributed by atoms with Crippen molar-refractivity contribution in [2.24, 2.45) is 0 Å². The Hall–Kier alpha value is -2.59. The Morgan fingerprint density at radius 1 is 1.04 bits per heavy atom. The minimum Gasteiger partial charge on any atom is -0.457 e. The van der Waals surface area contributed by atoms with Crippen molar-refractivity contribution >= 4 is 28.5 Å². The molecule has 0 spiro atoms. The number of rotatable bonds is 4. The van der Waals surface area contributed by atoms with Gasteiger partial charge in [0.15, 0.2) is 0 Å². The summed E-state index contributed by atoms with van der Waals surface area (Å²) in [6, 6.07) is 15.9. The van der Waals surface area contributed by atoms with Gasteiger partial charge in [-0.2, -0.15) is 0 Å². The number of halogens is 1. The zero-order valence-electron chi connectivity index (χ0n) is 12.1. The van der Waals surface area contributed by atoms with Crippen LogP contribution in [0.5, 0.6) is 0 Å². The Kier molecular flexibility index (Phi) is 4.44. The minimum absolute atomic E-state index is 0.0961. The van der Waals surface area contributed by atoms with Crippen LogP contribution in [0.25, 0.3) is 11.0 Å². The maximum Gasteiger partial charge on any atom is 0.351 e. The molecule has 0 amide bonds. The predicted octanol–water partition coefficient (Wildman–Crippen LogP) is 3.89. The number of hydrogen-bond donors (Lipinski definition) is 0. The van der Waals surface area contributed by atoms with Crippen LogP contribution in [0.2, 0.25) is 0 Å². The lowest BCUT2D eigenvalue weighted by Gasteiger charge is -2.05. The molecule has 0 aliphatic carbocycles. The maximum atomic E-state index is 12.1. The van der Waals surface area contributed by atoms with Gasteiger partial charge >= 0.3 is 11.6 Å². The van der Waals surface area contributed by atoms with Crippen molar-refractivity contribution < 1.29 is 13.9 Å². The van der Waals surface area contributed by atoms with Gasteiger partial charge in [-0.3, -0.25) is 0 Å². The third-order valence-corrected chi connectivity index (χ3v) is 3.69. The summed E-state index contributed by atoms with van der Waals surface area (Å²) >= 11 is 5.79. The molecule has 0 radical (unpaired) electrons. The van der Waals surface area contributed by atoms with Gasteiger partial charge in [0, 0.05) is 11.3 Å². The highest BCUT2D eigenvalue weighted by atomic mass is 35.5. The average molecular weight is 329 g/mol. The fourth-order valence-electron chi connectivity index (χ4n) is 2.20. The van der Waals surface area contributed by atoms with Gasteiger partial charge in [-0.25, -0.2) is 9.59 Å². The second-order valence-corrected chi connectivity index (χ2v) is 5.28. The molecule has 2 aromatic carbocycles. The van der Waals surface area contributed by atoms with Crippen molar-refractivity contribution in [2.45, 2.75) is 12.5 Å². The van der Waals surface area contributed by atoms with Crippen LogP contribution in [0, 0.1) is 0 Å². The lowest BCUT2D eigenvalue weighted by molar-refractivity contribution is 0.0468. The molecule has 116 valence electrons. The van der Waals surface area contributed by atoms with Crippen LogP contribution in [0.4, 0.5) is 0 Å². The van der Waals surface area contributed by atoms with E-state index in [-0.39, 0.29) is 12.2 Å². The van der Waals surface area contributed by atoms with Crippen molar-refractivity contribution in [2.75, 3.05) is 0 Å². The number of fused-ring (bicyclic) bond motifs is 1. The van der Waals surface area contributed by atoms with E-state index in [4.69, 9.17) is 20.8 Å². The Bertz CT molecular complexity index is 900. The highest BCUT2D eigenvalue weighted by Gasteiger charge is 2.15. The highest BCUT2D eigenvalue weighted by molar-refractivity contribution is 6.17. The molecule has 0 atom stereocenters. The molecule has 0 N–H and O–H groups in total. The molecule has 23 heavy (non-hydrogen) atoms. The molecule has 3 rings (SSSR count). The summed E-state index contributed by atoms with van der Waals surface area (Å²) in [5, 5.41) is 0.634. The summed E-state index contributed by atoms with van der Waals surface area (Å²) in [5.74, 6) is -0.371. The Morgan fingerprint density at radius 3 is 2.57 bits per heavy atom. The van der Waals surface area contributed by atoms with Crippen LogP contribution in [0.3, 0.4) is 0 Å². The van der Waals surface area contributed by atoms with Crippen LogP contribution in [0.1, 0.15) is 21.5 Å². The van der Waals surface area contributed by atoms with Gasteiger partial charge in [0.25, 0.3) is 0 Å². The van der Waals surface area contributed by atoms with Crippen LogP contribution < -0.4 is 5.63 Å². The van der Waals surface area contributed by atoms with Crippen molar-refractivity contribution in [3.05, 3.63) is 81.7 Å². The second-order valence-electron chi connectivity index (χ2n) is 5.02. The molecular weight excluding hydrogens is 316 g/mol. The third kappa shape index (κ3) is 3.43. The summed E-state index contributed by atoms with van der Waals surface area (Å²) in [4.78, 5) is 24.1. The van der Waals surface area contributed by atoms with E-state index in [0.29, 0.717) is 16.8 Å². The molecule has 1 aromatic heterocycles. The molecular formula is C18H13ClO4. The van der Waals surface area contributed by atoms with Crippen molar-refractivity contribution in [3.8, 4) is 0 Å². The molecule has 0 unspecified atom stereocenters. The van der Waals surface area contributed by atoms with Crippen molar-refractivity contribution in [1.29, 1.82) is 0 Å². The van der Waals surface area contributed by atoms with E-state index >= 15 is 0 Å². The number of alkyl halides is 1. The predicted molar refractivity (Wildman–Crippen MR) is 87.6 cm³/mol. The number of ether oxygens (including phenoxy) is 1. The lowest BCUT2D eigenvalue weighted by atomic mass is 10.1. The van der Waals surface area contributed by atoms with Gasteiger partial charge in [0.1, 0.15) is 17.8 Å². The average Bonchev–Trinajstić information content (AvgIpc) is 2.59. The monoisotopic (exact) mass is 328 g/mol. The first-order valence-electron chi connectivity index (χ1n) is 7.01. The van der Waals surface area contributed by atoms with Crippen LogP contribution in [-0.4, -0.2) is 5.97 Å². The first kappa shape index (κ1) is 15.3. The zero-order chi connectivity index (χ0) is 16.2. The van der Waals surface area contributed by atoms with Gasteiger partial charge in [-0.15, -0.1) is 11.6 Å². The number of carbonyl (C=O) groups is 1. The molecule has 4 nitrogen and oxygen atoms in total. The molecule has 0 aliphatic rings. The first-order chi connectivity index (χ1) is 11.2. The smallest absolute Gasteiger partial charge is 0.351 e. The number of esters is 1. The fourth-order valence-corrected chi connectivity index (χ4v) is 2.37. The molecule has 3 aromatic rings. The van der Waals surface area contributed by atoms with E-state index in [9.17, 15) is 9.59 Å². The maximum absolute atomic E-state index is 12.1. The molecule has 1 heterocycles. The summed E-state index contributed by atoms with van der Waals surface area (Å²) in [6.07, 6.45) is 0. The largest absolute Gasteiger partial charge is 0.457 e. The number of benzene rings is 2. The van der Waals surface area contributed by atoms with E-state index in [1.165, 1.54) is 6.07 Å². The van der Waals surface area contributed by atoms with Gasteiger partial charge < -0.3 is 9.15 Å². The fraction of sp³-hybridized carbons (Fsp3) is 0.111. The third-order valence-electron chi connectivity index (χ3n) is 3.38. The molecule has 0 saturated carbocycles. The number of carbonyl (C=O) groups excluding carboxylic acids is 1. The van der Waals surface area contributed by atoms with Crippen molar-refractivity contribution in [3.63, 3.8) is 0 Å². The van der Waals surface area contributed by atoms with Crippen LogP contribution >= 0.6 is 11.6 Å². The standard InChI is InChI=1S/C18H13ClO4/c19-10-13-6-7-16-14(8-13)9-15(18(21)23-16)17(20)22-11-12-4-2-1-3-5-12/h1-9H,10-11H2. The van der Waals surface area contributed by atoms with E-state index < -0.39 is 11.6 Å². The van der Waals surface area contributed by atoms with Crippen LogP contribution in [0.15, 0.2) is 63.8 Å². The summed E-state index contributed by atoms with van der Waals surface area (Å²) in [5.41, 5.74) is 1.28. The minimum atomic E-state index is -0.714. The van der Waals surface area contributed by atoms with E-state index in [2.05, 4.69) is 0 Å². The molecule has 5 heteroatoms. The van der Waals surface area contributed by atoms with E-state index in [0.717, 1.165) is 11.1 Å². The lowest BCUT2D eigenvalue weighted by Crippen LogP contribution is -2.16. The molecule has 0 saturated heterocycles. The Morgan fingerprint density at radius 2 is 1.83 bits per heavy atom.